The largest absolute Gasteiger partial charge is 0.573 e. The molecule has 2 aromatic heterocycles. The molecule has 0 fully saturated rings. The van der Waals surface area contributed by atoms with Crippen LogP contribution in [0.1, 0.15) is 5.56 Å². The molecule has 0 bridgehead atoms. The molecule has 0 spiro atoms. The van der Waals surface area contributed by atoms with E-state index < -0.39 is 33.8 Å². The summed E-state index contributed by atoms with van der Waals surface area (Å²) in [5, 5.41) is 20.2. The first-order valence-corrected chi connectivity index (χ1v) is 8.09. The Bertz CT molecular complexity index is 1550. The van der Waals surface area contributed by atoms with Gasteiger partial charge in [-0.3, -0.25) is 24.1 Å². The summed E-state index contributed by atoms with van der Waals surface area (Å²) in [6.07, 6.45) is -4.99. The zero-order chi connectivity index (χ0) is 21.8. The van der Waals surface area contributed by atoms with Gasteiger partial charge in [-0.25, -0.2) is 0 Å². The third-order valence-corrected chi connectivity index (χ3v) is 4.41. The molecule has 0 aliphatic carbocycles. The van der Waals surface area contributed by atoms with Crippen LogP contribution in [0.25, 0.3) is 27.3 Å². The van der Waals surface area contributed by atoms with Gasteiger partial charge in [-0.15, -0.1) is 13.2 Å². The maximum Gasteiger partial charge on any atom is 0.573 e. The normalized spacial score (nSPS) is 11.7. The lowest BCUT2D eigenvalue weighted by molar-refractivity contribution is -0.384. The second-order valence-electron chi connectivity index (χ2n) is 6.14. The number of non-ortho nitro benzene ring substituents is 1. The Labute approximate surface area is 162 Å². The van der Waals surface area contributed by atoms with E-state index in [1.165, 1.54) is 6.07 Å². The van der Waals surface area contributed by atoms with Crippen LogP contribution in [0, 0.1) is 21.4 Å². The van der Waals surface area contributed by atoms with Crippen LogP contribution in [0.2, 0.25) is 0 Å². The third kappa shape index (κ3) is 2.89. The van der Waals surface area contributed by atoms with E-state index >= 15 is 0 Å². The second-order valence-corrected chi connectivity index (χ2v) is 6.14. The van der Waals surface area contributed by atoms with Crippen LogP contribution in [0.3, 0.4) is 0 Å². The maximum absolute atomic E-state index is 13.1. The zero-order valence-corrected chi connectivity index (χ0v) is 14.5. The fraction of sp³-hybridized carbons (Fsp3) is 0.0556. The summed E-state index contributed by atoms with van der Waals surface area (Å²) in [4.78, 5) is 38.2. The lowest BCUT2D eigenvalue weighted by Gasteiger charge is -2.12. The predicted molar refractivity (Wildman–Crippen MR) is 97.4 cm³/mol. The number of nitriles is 1. The second kappa shape index (κ2) is 6.31. The molecule has 2 heterocycles. The van der Waals surface area contributed by atoms with Crippen molar-refractivity contribution in [2.24, 2.45) is 0 Å². The number of nitrogens with zero attached hydrogens (tertiary/aromatic N) is 3. The van der Waals surface area contributed by atoms with Gasteiger partial charge in [0, 0.05) is 17.5 Å². The van der Waals surface area contributed by atoms with Gasteiger partial charge in [0.25, 0.3) is 16.8 Å². The molecule has 150 valence electrons. The van der Waals surface area contributed by atoms with E-state index in [-0.39, 0.29) is 32.9 Å². The quantitative estimate of drug-likeness (QED) is 0.231. The van der Waals surface area contributed by atoms with Crippen LogP contribution in [0.15, 0.2) is 46.0 Å². The molecule has 12 heteroatoms. The molecule has 0 unspecified atom stereocenters. The monoisotopic (exact) mass is 416 g/mol. The van der Waals surface area contributed by atoms with Gasteiger partial charge in [0.2, 0.25) is 0 Å². The first-order chi connectivity index (χ1) is 14.1. The standard InChI is InChI=1S/C18H7F3N4O5/c19-18(20,21)30-9-2-4-14-12(6-9)16(26)23-15-13(7-22)10-3-1-8(25(28)29)5-11(10)17(27)24(14)15/h1-6H,(H,23,26). The van der Waals surface area contributed by atoms with Crippen molar-refractivity contribution in [1.29, 1.82) is 5.26 Å². The van der Waals surface area contributed by atoms with Crippen molar-refractivity contribution >= 4 is 33.0 Å². The minimum absolute atomic E-state index is 0.0834. The van der Waals surface area contributed by atoms with Crippen LogP contribution in [-0.4, -0.2) is 20.7 Å². The average Bonchev–Trinajstić information content (AvgIpc) is 2.67. The van der Waals surface area contributed by atoms with E-state index in [1.807, 2.05) is 6.07 Å². The molecule has 0 saturated carbocycles. The zero-order valence-electron chi connectivity index (χ0n) is 14.5. The van der Waals surface area contributed by atoms with Gasteiger partial charge in [-0.1, -0.05) is 0 Å². The number of aromatic amines is 1. The molecule has 30 heavy (non-hydrogen) atoms. The summed E-state index contributed by atoms with van der Waals surface area (Å²) in [6.45, 7) is 0. The van der Waals surface area contributed by atoms with E-state index in [4.69, 9.17) is 0 Å². The molecule has 0 saturated heterocycles. The number of rotatable bonds is 2. The summed E-state index contributed by atoms with van der Waals surface area (Å²) in [7, 11) is 0. The van der Waals surface area contributed by atoms with Gasteiger partial charge >= 0.3 is 6.36 Å². The number of hydrogen-bond acceptors (Lipinski definition) is 6. The van der Waals surface area contributed by atoms with Crippen LogP contribution in [-0.2, 0) is 0 Å². The van der Waals surface area contributed by atoms with Crippen LogP contribution in [0.5, 0.6) is 5.75 Å². The summed E-state index contributed by atoms with van der Waals surface area (Å²) in [5.74, 6) is -0.676. The van der Waals surface area contributed by atoms with Gasteiger partial charge < -0.3 is 9.72 Å². The highest BCUT2D eigenvalue weighted by molar-refractivity contribution is 5.95. The van der Waals surface area contributed by atoms with Gasteiger partial charge in [0.15, 0.2) is 0 Å². The topological polar surface area (TPSA) is 130 Å². The van der Waals surface area contributed by atoms with Crippen molar-refractivity contribution < 1.29 is 22.8 Å². The molecular formula is C18H7F3N4O5. The highest BCUT2D eigenvalue weighted by Gasteiger charge is 2.31. The Morgan fingerprint density at radius 3 is 2.47 bits per heavy atom. The summed E-state index contributed by atoms with van der Waals surface area (Å²) >= 11 is 0. The number of alkyl halides is 3. The molecule has 2 aromatic carbocycles. The van der Waals surface area contributed by atoms with E-state index in [2.05, 4.69) is 9.72 Å². The van der Waals surface area contributed by atoms with Gasteiger partial charge in [-0.2, -0.15) is 5.26 Å². The smallest absolute Gasteiger partial charge is 0.406 e. The Hall–Kier alpha value is -4.40. The average molecular weight is 416 g/mol. The van der Waals surface area contributed by atoms with E-state index in [0.29, 0.717) is 0 Å². The van der Waals surface area contributed by atoms with Crippen molar-refractivity contribution in [3.05, 3.63) is 72.8 Å². The van der Waals surface area contributed by atoms with Crippen molar-refractivity contribution in [1.82, 2.24) is 9.38 Å². The molecule has 4 aromatic rings. The van der Waals surface area contributed by atoms with Crippen molar-refractivity contribution in [2.75, 3.05) is 0 Å². The van der Waals surface area contributed by atoms with E-state index in [1.54, 1.807) is 0 Å². The van der Waals surface area contributed by atoms with Crippen LogP contribution >= 0.6 is 0 Å². The fourth-order valence-corrected chi connectivity index (χ4v) is 3.23. The third-order valence-electron chi connectivity index (χ3n) is 4.41. The molecular weight excluding hydrogens is 409 g/mol. The Balaban J connectivity index is 2.18. The van der Waals surface area contributed by atoms with Gasteiger partial charge in [0.05, 0.1) is 21.2 Å². The fourth-order valence-electron chi connectivity index (χ4n) is 3.23. The highest BCUT2D eigenvalue weighted by Crippen LogP contribution is 2.27. The molecule has 0 aliphatic heterocycles. The molecule has 0 radical (unpaired) electrons. The number of hydrogen-bond donors (Lipinski definition) is 1. The first kappa shape index (κ1) is 18.9. The maximum atomic E-state index is 13.1. The Morgan fingerprint density at radius 1 is 1.10 bits per heavy atom. The number of halogens is 3. The van der Waals surface area contributed by atoms with E-state index in [9.17, 15) is 38.1 Å². The minimum Gasteiger partial charge on any atom is -0.406 e. The summed E-state index contributed by atoms with van der Waals surface area (Å²) < 4.78 is 42.2. The van der Waals surface area contributed by atoms with Gasteiger partial charge in [0.1, 0.15) is 23.0 Å². The molecule has 4 rings (SSSR count). The van der Waals surface area contributed by atoms with Crippen LogP contribution in [0.4, 0.5) is 18.9 Å². The predicted octanol–water partition coefficient (Wildman–Crippen LogP) is 2.97. The van der Waals surface area contributed by atoms with Crippen molar-refractivity contribution in [2.45, 2.75) is 6.36 Å². The van der Waals surface area contributed by atoms with Crippen molar-refractivity contribution in [3.63, 3.8) is 0 Å². The molecule has 0 atom stereocenters. The Kier molecular flexibility index (Phi) is 3.98. The lowest BCUT2D eigenvalue weighted by atomic mass is 10.1. The number of nitro benzene ring substituents is 1. The minimum atomic E-state index is -4.99. The number of nitro groups is 1. The lowest BCUT2D eigenvalue weighted by Crippen LogP contribution is -2.22. The number of nitrogens with one attached hydrogen (secondary N) is 1. The first-order valence-electron chi connectivity index (χ1n) is 8.09. The summed E-state index contributed by atoms with van der Waals surface area (Å²) in [6, 6.07) is 7.94. The number of H-pyrrole nitrogens is 1. The van der Waals surface area contributed by atoms with Crippen molar-refractivity contribution in [3.8, 4) is 11.8 Å². The number of fused-ring (bicyclic) bond motifs is 4. The number of benzene rings is 2. The van der Waals surface area contributed by atoms with Gasteiger partial charge in [-0.05, 0) is 24.3 Å². The van der Waals surface area contributed by atoms with E-state index in [0.717, 1.165) is 34.7 Å². The molecule has 0 amide bonds. The number of ether oxygens (including phenoxy) is 1. The highest BCUT2D eigenvalue weighted by atomic mass is 19.4. The summed E-state index contributed by atoms with van der Waals surface area (Å²) in [5.41, 5.74) is -2.46. The SMILES string of the molecule is N#Cc1c2ccc([N+](=O)[O-])cc2c(=O)n2c1[nH]c(=O)c1cc(OC(F)(F)F)ccc12. The molecule has 0 aliphatic rings. The Morgan fingerprint density at radius 2 is 1.83 bits per heavy atom. The molecule has 1 N–H and O–H groups in total. The molecule has 9 nitrogen and oxygen atoms in total. The van der Waals surface area contributed by atoms with Crippen LogP contribution < -0.4 is 15.9 Å². The number of pyridine rings is 1. The number of aromatic nitrogens is 2.